The number of benzene rings is 3. The van der Waals surface area contributed by atoms with Crippen molar-refractivity contribution in [3.05, 3.63) is 108 Å². The van der Waals surface area contributed by atoms with E-state index >= 15 is 0 Å². The zero-order valence-corrected chi connectivity index (χ0v) is 25.4. The summed E-state index contributed by atoms with van der Waals surface area (Å²) in [4.78, 5) is 46.8. The molecule has 4 N–H and O–H groups in total. The molecule has 0 spiro atoms. The summed E-state index contributed by atoms with van der Waals surface area (Å²) in [6, 6.07) is 23.8. The van der Waals surface area contributed by atoms with Gasteiger partial charge in [0, 0.05) is 23.8 Å². The molecule has 2 aliphatic heterocycles. The van der Waals surface area contributed by atoms with Gasteiger partial charge in [-0.25, -0.2) is 0 Å². The van der Waals surface area contributed by atoms with Gasteiger partial charge in [0.25, 0.3) is 0 Å². The average Bonchev–Trinajstić information content (AvgIpc) is 3.41. The summed E-state index contributed by atoms with van der Waals surface area (Å²) in [5, 5.41) is 9.77. The summed E-state index contributed by atoms with van der Waals surface area (Å²) in [5.74, 6) is -0.736. The molecule has 3 aromatic carbocycles. The molecular weight excluding hydrogens is 554 g/mol. The summed E-state index contributed by atoms with van der Waals surface area (Å²) in [6.07, 6.45) is 2.65. The number of aromatic amines is 1. The number of rotatable bonds is 7. The highest BCUT2D eigenvalue weighted by Crippen LogP contribution is 2.27. The lowest BCUT2D eigenvalue weighted by atomic mass is 9.97. The normalized spacial score (nSPS) is 19.7. The lowest BCUT2D eigenvalue weighted by Gasteiger charge is -2.33. The second kappa shape index (κ2) is 13.6. The highest BCUT2D eigenvalue weighted by atomic mass is 16.5. The first-order valence-corrected chi connectivity index (χ1v) is 14.8. The van der Waals surface area contributed by atoms with E-state index in [0.717, 1.165) is 22.2 Å². The van der Waals surface area contributed by atoms with Crippen molar-refractivity contribution in [2.24, 2.45) is 5.92 Å². The number of fused-ring (bicyclic) bond motifs is 11. The smallest absolute Gasteiger partial charge is 0.247 e. The Kier molecular flexibility index (Phi) is 9.45. The molecule has 3 amide bonds. The molecule has 4 atom stereocenters. The van der Waals surface area contributed by atoms with E-state index < -0.39 is 36.0 Å². The number of amides is 3. The van der Waals surface area contributed by atoms with Gasteiger partial charge in [0.15, 0.2) is 6.10 Å². The van der Waals surface area contributed by atoms with Crippen LogP contribution in [0.15, 0.2) is 91.1 Å². The van der Waals surface area contributed by atoms with Gasteiger partial charge in [-0.3, -0.25) is 19.3 Å². The molecule has 4 unspecified atom stereocenters. The Balaban J connectivity index is 1.56. The Bertz CT molecular complexity index is 1590. The number of H-pyrrole nitrogens is 1. The third-order valence-electron chi connectivity index (χ3n) is 7.75. The number of hydrogen-bond donors (Lipinski definition) is 4. The Morgan fingerprint density at radius 3 is 2.32 bits per heavy atom. The number of nitrogens with one attached hydrogen (secondary N) is 4. The summed E-state index contributed by atoms with van der Waals surface area (Å²) in [6.45, 7) is 3.91. The standard InChI is InChI=1S/C35H39N5O4/c1-22(2)31(40(3)4)35(43)39-30-32(24-10-6-5-7-11-24)44-27-16-14-23(15-17-27)18-19-36-33(41)29(38-34(30)42)21-26-20-25-12-8-9-13-28(25)37-26/h5-20,22,29-32,37H,21H2,1-4H3,(H,36,41)(H,38,42)(H,39,43). The van der Waals surface area contributed by atoms with Gasteiger partial charge >= 0.3 is 0 Å². The number of carbonyl (C=O) groups is 3. The van der Waals surface area contributed by atoms with Gasteiger partial charge in [-0.15, -0.1) is 0 Å². The van der Waals surface area contributed by atoms with Gasteiger partial charge in [0.2, 0.25) is 17.7 Å². The van der Waals surface area contributed by atoms with E-state index in [4.69, 9.17) is 4.74 Å². The number of para-hydroxylation sites is 1. The van der Waals surface area contributed by atoms with Crippen LogP contribution in [-0.2, 0) is 20.8 Å². The Morgan fingerprint density at radius 2 is 1.64 bits per heavy atom. The topological polar surface area (TPSA) is 116 Å². The molecule has 9 heteroatoms. The van der Waals surface area contributed by atoms with Crippen LogP contribution in [0.3, 0.4) is 0 Å². The molecular formula is C35H39N5O4. The summed E-state index contributed by atoms with van der Waals surface area (Å²) < 4.78 is 6.48. The van der Waals surface area contributed by atoms with E-state index in [0.29, 0.717) is 11.3 Å². The molecule has 0 fully saturated rings. The first kappa shape index (κ1) is 30.6. The van der Waals surface area contributed by atoms with E-state index in [9.17, 15) is 14.4 Å². The van der Waals surface area contributed by atoms with Gasteiger partial charge in [0.05, 0.1) is 6.04 Å². The van der Waals surface area contributed by atoms with Crippen molar-refractivity contribution in [1.29, 1.82) is 0 Å². The van der Waals surface area contributed by atoms with Crippen LogP contribution in [0.1, 0.15) is 36.8 Å². The molecule has 3 heterocycles. The van der Waals surface area contributed by atoms with Crippen molar-refractivity contribution in [1.82, 2.24) is 25.8 Å². The van der Waals surface area contributed by atoms with Gasteiger partial charge in [-0.2, -0.15) is 0 Å². The second-order valence-corrected chi connectivity index (χ2v) is 11.6. The van der Waals surface area contributed by atoms with Gasteiger partial charge in [-0.1, -0.05) is 74.5 Å². The van der Waals surface area contributed by atoms with E-state index in [2.05, 4.69) is 20.9 Å². The molecule has 0 saturated carbocycles. The van der Waals surface area contributed by atoms with Crippen LogP contribution in [-0.4, -0.2) is 59.8 Å². The van der Waals surface area contributed by atoms with Crippen LogP contribution in [0.5, 0.6) is 5.75 Å². The van der Waals surface area contributed by atoms with Crippen molar-refractivity contribution >= 4 is 34.7 Å². The minimum absolute atomic E-state index is 0.0254. The highest BCUT2D eigenvalue weighted by Gasteiger charge is 2.38. The van der Waals surface area contributed by atoms with Crippen LogP contribution in [0.25, 0.3) is 17.0 Å². The summed E-state index contributed by atoms with van der Waals surface area (Å²) >= 11 is 0. The average molecular weight is 594 g/mol. The number of nitrogens with zero attached hydrogens (tertiary/aromatic N) is 1. The van der Waals surface area contributed by atoms with E-state index in [1.54, 1.807) is 24.4 Å². The van der Waals surface area contributed by atoms with Crippen LogP contribution in [0, 0.1) is 5.92 Å². The zero-order valence-electron chi connectivity index (χ0n) is 25.4. The number of hydrogen-bond acceptors (Lipinski definition) is 5. The lowest BCUT2D eigenvalue weighted by molar-refractivity contribution is -0.136. The zero-order chi connectivity index (χ0) is 31.2. The maximum absolute atomic E-state index is 14.3. The summed E-state index contributed by atoms with van der Waals surface area (Å²) in [5.41, 5.74) is 3.28. The van der Waals surface area contributed by atoms with Gasteiger partial charge < -0.3 is 25.7 Å². The fraction of sp³-hybridized carbons (Fsp3) is 0.286. The Hall–Kier alpha value is -4.89. The molecule has 2 aliphatic rings. The Labute approximate surface area is 257 Å². The van der Waals surface area contributed by atoms with E-state index in [-0.39, 0.29) is 18.2 Å². The maximum atomic E-state index is 14.3. The number of aromatic nitrogens is 1. The SMILES string of the molecule is CC(C)C(C(=O)NC1C(=O)NC(Cc2cc3ccccc3[nH]2)C(=O)NC=Cc2ccc(cc2)OC1c1ccccc1)N(C)C. The monoisotopic (exact) mass is 593 g/mol. The third-order valence-corrected chi connectivity index (χ3v) is 7.75. The molecule has 6 rings (SSSR count). The molecule has 0 aliphatic carbocycles. The first-order valence-electron chi connectivity index (χ1n) is 14.8. The van der Waals surface area contributed by atoms with Crippen LogP contribution >= 0.6 is 0 Å². The molecule has 4 aromatic rings. The van der Waals surface area contributed by atoms with Gasteiger partial charge in [0.1, 0.15) is 17.8 Å². The molecule has 228 valence electrons. The maximum Gasteiger partial charge on any atom is 0.247 e. The van der Waals surface area contributed by atoms with Crippen LogP contribution < -0.4 is 20.7 Å². The van der Waals surface area contributed by atoms with Crippen molar-refractivity contribution in [2.45, 2.75) is 44.5 Å². The lowest BCUT2D eigenvalue weighted by Crippen LogP contribution is -2.59. The largest absolute Gasteiger partial charge is 0.483 e. The number of carbonyl (C=O) groups excluding carboxylic acids is 3. The van der Waals surface area contributed by atoms with Crippen molar-refractivity contribution in [2.75, 3.05) is 14.1 Å². The highest BCUT2D eigenvalue weighted by molar-refractivity contribution is 5.94. The van der Waals surface area contributed by atoms with Crippen molar-refractivity contribution < 1.29 is 19.1 Å². The summed E-state index contributed by atoms with van der Waals surface area (Å²) in [7, 11) is 3.66. The molecule has 0 radical (unpaired) electrons. The third kappa shape index (κ3) is 7.18. The minimum Gasteiger partial charge on any atom is -0.483 e. The molecule has 9 nitrogen and oxygen atoms in total. The quantitative estimate of drug-likeness (QED) is 0.257. The van der Waals surface area contributed by atoms with Crippen molar-refractivity contribution in [3.63, 3.8) is 0 Å². The Morgan fingerprint density at radius 1 is 0.932 bits per heavy atom. The van der Waals surface area contributed by atoms with Crippen LogP contribution in [0.4, 0.5) is 0 Å². The molecule has 2 bridgehead atoms. The number of likely N-dealkylation sites (N-methyl/N-ethyl adjacent to an activating group) is 1. The fourth-order valence-corrected chi connectivity index (χ4v) is 5.68. The van der Waals surface area contributed by atoms with E-state index in [1.165, 1.54) is 0 Å². The van der Waals surface area contributed by atoms with Crippen molar-refractivity contribution in [3.8, 4) is 5.75 Å². The predicted octanol–water partition coefficient (Wildman–Crippen LogP) is 4.19. The minimum atomic E-state index is -1.16. The molecule has 0 saturated heterocycles. The predicted molar refractivity (Wildman–Crippen MR) is 172 cm³/mol. The molecule has 44 heavy (non-hydrogen) atoms. The second-order valence-electron chi connectivity index (χ2n) is 11.6. The fourth-order valence-electron chi connectivity index (χ4n) is 5.68. The van der Waals surface area contributed by atoms with Gasteiger partial charge in [-0.05, 0) is 66.9 Å². The number of ether oxygens (including phenoxy) is 1. The molecule has 1 aromatic heterocycles. The first-order chi connectivity index (χ1) is 21.2. The van der Waals surface area contributed by atoms with Crippen LogP contribution in [0.2, 0.25) is 0 Å². The van der Waals surface area contributed by atoms with E-state index in [1.807, 2.05) is 106 Å².